The van der Waals surface area contributed by atoms with Gasteiger partial charge in [-0.25, -0.2) is 4.79 Å². The van der Waals surface area contributed by atoms with E-state index in [-0.39, 0.29) is 0 Å². The Kier molecular flexibility index (Phi) is 3.90. The van der Waals surface area contributed by atoms with Gasteiger partial charge in [-0.05, 0) is 49.6 Å². The molecule has 88 valence electrons. The molecule has 16 heavy (non-hydrogen) atoms. The first kappa shape index (κ1) is 12.5. The van der Waals surface area contributed by atoms with Gasteiger partial charge >= 0.3 is 5.97 Å². The van der Waals surface area contributed by atoms with Gasteiger partial charge < -0.3 is 14.9 Å². The number of aliphatic carboxylic acids is 1. The van der Waals surface area contributed by atoms with Crippen LogP contribution in [0.3, 0.4) is 0 Å². The molecule has 0 aromatic heterocycles. The largest absolute Gasteiger partial charge is 0.493 e. The van der Waals surface area contributed by atoms with Gasteiger partial charge in [0.25, 0.3) is 0 Å². The van der Waals surface area contributed by atoms with Crippen molar-refractivity contribution in [3.63, 3.8) is 0 Å². The second kappa shape index (κ2) is 4.99. The summed E-state index contributed by atoms with van der Waals surface area (Å²) in [4.78, 5) is 10.7. The zero-order chi connectivity index (χ0) is 12.3. The fourth-order valence-corrected chi connectivity index (χ4v) is 1.66. The maximum absolute atomic E-state index is 10.7. The van der Waals surface area contributed by atoms with Crippen LogP contribution < -0.4 is 4.74 Å². The number of hydrogen-bond acceptors (Lipinski definition) is 3. The number of aryl methyl sites for hydroxylation is 2. The lowest BCUT2D eigenvalue weighted by Gasteiger charge is -2.14. The minimum absolute atomic E-state index is 0.381. The average molecular weight is 224 g/mol. The molecule has 1 aromatic carbocycles. The van der Waals surface area contributed by atoms with Crippen LogP contribution in [0.25, 0.3) is 0 Å². The summed E-state index contributed by atoms with van der Waals surface area (Å²) in [6.07, 6.45) is -1.48. The average Bonchev–Trinajstić information content (AvgIpc) is 2.21. The van der Waals surface area contributed by atoms with Crippen molar-refractivity contribution in [3.8, 4) is 5.75 Å². The van der Waals surface area contributed by atoms with E-state index in [4.69, 9.17) is 9.84 Å². The van der Waals surface area contributed by atoms with Gasteiger partial charge in [0.1, 0.15) is 5.75 Å². The Bertz CT molecular complexity index is 375. The molecule has 0 saturated heterocycles. The van der Waals surface area contributed by atoms with Gasteiger partial charge in [-0.3, -0.25) is 0 Å². The van der Waals surface area contributed by atoms with Crippen LogP contribution in [0.15, 0.2) is 12.1 Å². The molecule has 0 fully saturated rings. The number of aliphatic hydroxyl groups excluding tert-OH is 1. The smallest absolute Gasteiger partial charge is 0.337 e. The molecule has 2 N–H and O–H groups in total. The summed E-state index contributed by atoms with van der Waals surface area (Å²) in [5.74, 6) is -0.494. The highest BCUT2D eigenvalue weighted by Gasteiger charge is 2.18. The molecule has 0 heterocycles. The molecule has 0 aliphatic carbocycles. The predicted molar refractivity (Wildman–Crippen MR) is 59.7 cm³/mol. The van der Waals surface area contributed by atoms with Crippen LogP contribution in [-0.4, -0.2) is 22.8 Å². The van der Waals surface area contributed by atoms with E-state index >= 15 is 0 Å². The molecule has 1 rings (SSSR count). The maximum Gasteiger partial charge on any atom is 0.337 e. The first-order valence-corrected chi connectivity index (χ1v) is 5.12. The Morgan fingerprint density at radius 1 is 1.38 bits per heavy atom. The zero-order valence-electron chi connectivity index (χ0n) is 9.65. The Morgan fingerprint density at radius 2 is 1.88 bits per heavy atom. The predicted octanol–water partition coefficient (Wildman–Crippen LogP) is 1.82. The van der Waals surface area contributed by atoms with Crippen LogP contribution in [0.5, 0.6) is 5.75 Å². The summed E-state index contributed by atoms with van der Waals surface area (Å²) in [6.45, 7) is 6.10. The third-order valence-electron chi connectivity index (χ3n) is 2.32. The molecule has 1 atom stereocenters. The third kappa shape index (κ3) is 2.52. The lowest BCUT2D eigenvalue weighted by Crippen LogP contribution is -2.11. The van der Waals surface area contributed by atoms with Gasteiger partial charge in [0.2, 0.25) is 0 Å². The van der Waals surface area contributed by atoms with Crippen LogP contribution in [0.1, 0.15) is 29.7 Å². The molecule has 0 bridgehead atoms. The number of carbonyl (C=O) groups is 1. The summed E-state index contributed by atoms with van der Waals surface area (Å²) in [5.41, 5.74) is 2.04. The van der Waals surface area contributed by atoms with Gasteiger partial charge in [0.15, 0.2) is 6.10 Å². The van der Waals surface area contributed by atoms with Crippen LogP contribution in [0.2, 0.25) is 0 Å². The molecule has 0 amide bonds. The van der Waals surface area contributed by atoms with Crippen molar-refractivity contribution in [1.29, 1.82) is 0 Å². The Labute approximate surface area is 94.5 Å². The van der Waals surface area contributed by atoms with E-state index in [9.17, 15) is 9.90 Å². The van der Waals surface area contributed by atoms with Gasteiger partial charge in [-0.2, -0.15) is 0 Å². The molecular formula is C12H16O4. The van der Waals surface area contributed by atoms with Crippen molar-refractivity contribution in [2.75, 3.05) is 6.61 Å². The molecule has 1 aromatic rings. The number of carboxylic acids is 1. The molecule has 0 radical (unpaired) electrons. The van der Waals surface area contributed by atoms with Gasteiger partial charge in [0, 0.05) is 0 Å². The molecule has 4 heteroatoms. The van der Waals surface area contributed by atoms with E-state index in [0.29, 0.717) is 12.2 Å². The molecule has 4 nitrogen and oxygen atoms in total. The summed E-state index contributed by atoms with van der Waals surface area (Å²) >= 11 is 0. The molecule has 0 unspecified atom stereocenters. The highest BCUT2D eigenvalue weighted by atomic mass is 16.5. The van der Waals surface area contributed by atoms with Crippen LogP contribution in [-0.2, 0) is 4.79 Å². The first-order valence-electron chi connectivity index (χ1n) is 5.12. The number of ether oxygens (including phenoxy) is 1. The molecular weight excluding hydrogens is 208 g/mol. The summed E-state index contributed by atoms with van der Waals surface area (Å²) in [7, 11) is 0. The SMILES string of the molecule is CCOc1c(C)cc([C@@H](O)C(=O)O)cc1C. The molecule has 0 spiro atoms. The molecule has 0 saturated carbocycles. The van der Waals surface area contributed by atoms with E-state index in [0.717, 1.165) is 16.9 Å². The van der Waals surface area contributed by atoms with Crippen molar-refractivity contribution in [2.45, 2.75) is 26.9 Å². The fraction of sp³-hybridized carbons (Fsp3) is 0.417. The second-order valence-corrected chi connectivity index (χ2v) is 3.66. The normalized spacial score (nSPS) is 12.2. The first-order chi connectivity index (χ1) is 7.47. The number of hydrogen-bond donors (Lipinski definition) is 2. The highest BCUT2D eigenvalue weighted by Crippen LogP contribution is 2.27. The quantitative estimate of drug-likeness (QED) is 0.818. The third-order valence-corrected chi connectivity index (χ3v) is 2.32. The zero-order valence-corrected chi connectivity index (χ0v) is 9.65. The Morgan fingerprint density at radius 3 is 2.25 bits per heavy atom. The van der Waals surface area contributed by atoms with Crippen molar-refractivity contribution < 1.29 is 19.7 Å². The van der Waals surface area contributed by atoms with E-state index in [1.807, 2.05) is 20.8 Å². The lowest BCUT2D eigenvalue weighted by atomic mass is 10.0. The Balaban J connectivity index is 3.14. The molecule has 0 aliphatic rings. The second-order valence-electron chi connectivity index (χ2n) is 3.66. The van der Waals surface area contributed by atoms with E-state index in [1.54, 1.807) is 12.1 Å². The topological polar surface area (TPSA) is 66.8 Å². The summed E-state index contributed by atoms with van der Waals surface area (Å²) in [5, 5.41) is 18.1. The van der Waals surface area contributed by atoms with E-state index in [2.05, 4.69) is 0 Å². The fourth-order valence-electron chi connectivity index (χ4n) is 1.66. The van der Waals surface area contributed by atoms with Crippen molar-refractivity contribution in [1.82, 2.24) is 0 Å². The number of benzene rings is 1. The van der Waals surface area contributed by atoms with Crippen LogP contribution in [0.4, 0.5) is 0 Å². The van der Waals surface area contributed by atoms with Crippen LogP contribution >= 0.6 is 0 Å². The minimum Gasteiger partial charge on any atom is -0.493 e. The number of carboxylic acid groups (broad SMARTS) is 1. The number of aliphatic hydroxyl groups is 1. The van der Waals surface area contributed by atoms with Gasteiger partial charge in [0.05, 0.1) is 6.61 Å². The van der Waals surface area contributed by atoms with Gasteiger partial charge in [-0.1, -0.05) is 0 Å². The van der Waals surface area contributed by atoms with E-state index < -0.39 is 12.1 Å². The minimum atomic E-state index is -1.48. The monoisotopic (exact) mass is 224 g/mol. The van der Waals surface area contributed by atoms with E-state index in [1.165, 1.54) is 0 Å². The number of rotatable bonds is 4. The van der Waals surface area contributed by atoms with Crippen molar-refractivity contribution in [2.24, 2.45) is 0 Å². The van der Waals surface area contributed by atoms with Crippen molar-refractivity contribution >= 4 is 5.97 Å². The molecule has 0 aliphatic heterocycles. The van der Waals surface area contributed by atoms with Crippen molar-refractivity contribution in [3.05, 3.63) is 28.8 Å². The summed E-state index contributed by atoms with van der Waals surface area (Å²) < 4.78 is 5.43. The maximum atomic E-state index is 10.7. The van der Waals surface area contributed by atoms with Crippen LogP contribution in [0, 0.1) is 13.8 Å². The highest BCUT2D eigenvalue weighted by molar-refractivity contribution is 5.74. The Hall–Kier alpha value is -1.55. The summed E-state index contributed by atoms with van der Waals surface area (Å²) in [6, 6.07) is 3.27. The lowest BCUT2D eigenvalue weighted by molar-refractivity contribution is -0.146. The standard InChI is InChI=1S/C12H16O4/c1-4-16-11-7(2)5-9(6-8(11)3)10(13)12(14)15/h5-6,10,13H,4H2,1-3H3,(H,14,15)/t10-/m1/s1. The van der Waals surface area contributed by atoms with Gasteiger partial charge in [-0.15, -0.1) is 0 Å².